The maximum absolute atomic E-state index is 11.8. The minimum Gasteiger partial charge on any atom is -0.376 e. The molecule has 0 aliphatic carbocycles. The van der Waals surface area contributed by atoms with Crippen molar-refractivity contribution in [2.24, 2.45) is 0 Å². The zero-order valence-electron chi connectivity index (χ0n) is 10.3. The number of anilines is 2. The Kier molecular flexibility index (Phi) is 5.51. The Labute approximate surface area is 140 Å². The quantitative estimate of drug-likeness (QED) is 0.707. The Bertz CT molecular complexity index is 597. The molecular weight excluding hydrogens is 410 g/mol. The average Bonchev–Trinajstić information content (AvgIpc) is 2.37. The highest BCUT2D eigenvalue weighted by molar-refractivity contribution is 14.1. The maximum Gasteiger partial charge on any atom is 0.243 e. The lowest BCUT2D eigenvalue weighted by Crippen LogP contribution is -2.21. The predicted octanol–water partition coefficient (Wildman–Crippen LogP) is 4.65. The van der Waals surface area contributed by atoms with E-state index in [0.717, 1.165) is 9.26 Å². The largest absolute Gasteiger partial charge is 0.376 e. The van der Waals surface area contributed by atoms with Crippen LogP contribution in [-0.4, -0.2) is 12.5 Å². The van der Waals surface area contributed by atoms with Gasteiger partial charge >= 0.3 is 0 Å². The number of benzene rings is 2. The molecule has 0 saturated heterocycles. The van der Waals surface area contributed by atoms with Gasteiger partial charge in [0.1, 0.15) is 0 Å². The number of rotatable bonds is 4. The fourth-order valence-electron chi connectivity index (χ4n) is 1.58. The summed E-state index contributed by atoms with van der Waals surface area (Å²) in [6.45, 7) is 0.171. The minimum atomic E-state index is -0.165. The van der Waals surface area contributed by atoms with Crippen LogP contribution in [-0.2, 0) is 4.79 Å². The summed E-state index contributed by atoms with van der Waals surface area (Å²) in [6.07, 6.45) is 0. The Morgan fingerprint density at radius 3 is 2.20 bits per heavy atom. The number of amides is 1. The highest BCUT2D eigenvalue weighted by atomic mass is 127. The molecule has 2 N–H and O–H groups in total. The number of carbonyl (C=O) groups excluding carboxylic acids is 1. The minimum absolute atomic E-state index is 0.165. The molecular formula is C14H11Cl2IN2O. The summed E-state index contributed by atoms with van der Waals surface area (Å²) in [6, 6.07) is 12.7. The van der Waals surface area contributed by atoms with Crippen molar-refractivity contribution in [3.8, 4) is 0 Å². The van der Waals surface area contributed by atoms with Crippen LogP contribution >= 0.6 is 45.8 Å². The van der Waals surface area contributed by atoms with E-state index >= 15 is 0 Å². The van der Waals surface area contributed by atoms with E-state index in [0.29, 0.717) is 15.7 Å². The van der Waals surface area contributed by atoms with Crippen molar-refractivity contribution in [2.75, 3.05) is 17.2 Å². The van der Waals surface area contributed by atoms with Crippen molar-refractivity contribution in [1.82, 2.24) is 0 Å². The van der Waals surface area contributed by atoms with Gasteiger partial charge in [0, 0.05) is 25.0 Å². The number of hydrogen-bond donors (Lipinski definition) is 2. The first-order valence-corrected chi connectivity index (χ1v) is 7.62. The molecule has 6 heteroatoms. The number of nitrogens with one attached hydrogen (secondary N) is 2. The summed E-state index contributed by atoms with van der Waals surface area (Å²) >= 11 is 14.0. The lowest BCUT2D eigenvalue weighted by Gasteiger charge is -2.08. The first kappa shape index (κ1) is 15.4. The lowest BCUT2D eigenvalue weighted by atomic mass is 10.3. The normalized spacial score (nSPS) is 10.2. The zero-order valence-corrected chi connectivity index (χ0v) is 14.0. The summed E-state index contributed by atoms with van der Waals surface area (Å²) < 4.78 is 1.14. The maximum atomic E-state index is 11.8. The fourth-order valence-corrected chi connectivity index (χ4v) is 2.47. The Morgan fingerprint density at radius 1 is 1.00 bits per heavy atom. The molecule has 0 fully saturated rings. The zero-order chi connectivity index (χ0) is 14.5. The average molecular weight is 421 g/mol. The third-order valence-corrected chi connectivity index (χ3v) is 3.60. The molecule has 1 amide bonds. The van der Waals surface area contributed by atoms with Gasteiger partial charge in [0.05, 0.1) is 6.54 Å². The molecule has 0 spiro atoms. The van der Waals surface area contributed by atoms with E-state index in [1.807, 2.05) is 24.3 Å². The van der Waals surface area contributed by atoms with Gasteiger partial charge in [-0.25, -0.2) is 0 Å². The van der Waals surface area contributed by atoms with Crippen molar-refractivity contribution in [2.45, 2.75) is 0 Å². The molecule has 0 unspecified atom stereocenters. The van der Waals surface area contributed by atoms with E-state index in [-0.39, 0.29) is 12.5 Å². The van der Waals surface area contributed by atoms with Crippen LogP contribution in [0.15, 0.2) is 42.5 Å². The van der Waals surface area contributed by atoms with Crippen molar-refractivity contribution in [3.63, 3.8) is 0 Å². The molecule has 0 aromatic heterocycles. The van der Waals surface area contributed by atoms with Crippen LogP contribution in [0.3, 0.4) is 0 Å². The van der Waals surface area contributed by atoms with Crippen LogP contribution in [0.2, 0.25) is 10.0 Å². The molecule has 3 nitrogen and oxygen atoms in total. The first-order valence-electron chi connectivity index (χ1n) is 5.78. The monoisotopic (exact) mass is 420 g/mol. The number of carbonyl (C=O) groups is 1. The van der Waals surface area contributed by atoms with Crippen LogP contribution in [0.25, 0.3) is 0 Å². The topological polar surface area (TPSA) is 41.1 Å². The third-order valence-electron chi connectivity index (χ3n) is 2.44. The van der Waals surface area contributed by atoms with E-state index in [1.54, 1.807) is 18.2 Å². The van der Waals surface area contributed by atoms with Gasteiger partial charge in [-0.2, -0.15) is 0 Å². The van der Waals surface area contributed by atoms with Crippen molar-refractivity contribution >= 4 is 63.1 Å². The van der Waals surface area contributed by atoms with Gasteiger partial charge < -0.3 is 10.6 Å². The number of halogens is 3. The van der Waals surface area contributed by atoms with Crippen LogP contribution in [0, 0.1) is 3.57 Å². The molecule has 0 aliphatic heterocycles. The summed E-state index contributed by atoms with van der Waals surface area (Å²) in [4.78, 5) is 11.8. The molecule has 2 aromatic rings. The van der Waals surface area contributed by atoms with Gasteiger partial charge in [-0.05, 0) is 65.1 Å². The van der Waals surface area contributed by atoms with Gasteiger partial charge in [-0.15, -0.1) is 0 Å². The molecule has 0 bridgehead atoms. The van der Waals surface area contributed by atoms with Gasteiger partial charge in [-0.1, -0.05) is 23.2 Å². The Morgan fingerprint density at radius 2 is 1.60 bits per heavy atom. The second kappa shape index (κ2) is 7.15. The van der Waals surface area contributed by atoms with Crippen LogP contribution < -0.4 is 10.6 Å². The van der Waals surface area contributed by atoms with E-state index in [1.165, 1.54) is 0 Å². The molecule has 20 heavy (non-hydrogen) atoms. The van der Waals surface area contributed by atoms with E-state index in [9.17, 15) is 4.79 Å². The molecule has 0 atom stereocenters. The van der Waals surface area contributed by atoms with Crippen LogP contribution in [0.1, 0.15) is 0 Å². The molecule has 104 valence electrons. The molecule has 2 aromatic carbocycles. The van der Waals surface area contributed by atoms with Crippen molar-refractivity contribution in [1.29, 1.82) is 0 Å². The highest BCUT2D eigenvalue weighted by Gasteiger charge is 2.04. The molecule has 0 heterocycles. The smallest absolute Gasteiger partial charge is 0.243 e. The summed E-state index contributed by atoms with van der Waals surface area (Å²) in [7, 11) is 0. The van der Waals surface area contributed by atoms with Gasteiger partial charge in [0.2, 0.25) is 5.91 Å². The summed E-state index contributed by atoms with van der Waals surface area (Å²) in [5, 5.41) is 6.74. The second-order valence-corrected chi connectivity index (χ2v) is 6.19. The van der Waals surface area contributed by atoms with Gasteiger partial charge in [-0.3, -0.25) is 4.79 Å². The fraction of sp³-hybridized carbons (Fsp3) is 0.0714. The highest BCUT2D eigenvalue weighted by Crippen LogP contribution is 2.22. The molecule has 2 rings (SSSR count). The summed E-state index contributed by atoms with van der Waals surface area (Å²) in [5.41, 5.74) is 1.47. The van der Waals surface area contributed by atoms with Crippen molar-refractivity contribution < 1.29 is 4.79 Å². The molecule has 0 radical (unpaired) electrons. The van der Waals surface area contributed by atoms with E-state index < -0.39 is 0 Å². The third kappa shape index (κ3) is 4.85. The van der Waals surface area contributed by atoms with Crippen LogP contribution in [0.5, 0.6) is 0 Å². The number of hydrogen-bond acceptors (Lipinski definition) is 2. The van der Waals surface area contributed by atoms with Gasteiger partial charge in [0.15, 0.2) is 0 Å². The van der Waals surface area contributed by atoms with Gasteiger partial charge in [0.25, 0.3) is 0 Å². The molecule has 0 aliphatic rings. The molecule has 0 saturated carbocycles. The first-order chi connectivity index (χ1) is 9.52. The Hall–Kier alpha value is -0.980. The second-order valence-electron chi connectivity index (χ2n) is 4.07. The van der Waals surface area contributed by atoms with Crippen LogP contribution in [0.4, 0.5) is 11.4 Å². The summed E-state index contributed by atoms with van der Waals surface area (Å²) in [5.74, 6) is -0.165. The Balaban J connectivity index is 1.90. The SMILES string of the molecule is O=C(CNc1ccc(I)cc1)Nc1cc(Cl)cc(Cl)c1. The van der Waals surface area contributed by atoms with Crippen molar-refractivity contribution in [3.05, 3.63) is 56.1 Å². The standard InChI is InChI=1S/C14H11Cl2IN2O/c15-9-5-10(16)7-13(6-9)19-14(20)8-18-12-3-1-11(17)2-4-12/h1-7,18H,8H2,(H,19,20). The lowest BCUT2D eigenvalue weighted by molar-refractivity contribution is -0.114. The van der Waals surface area contributed by atoms with E-state index in [2.05, 4.69) is 33.2 Å². The predicted molar refractivity (Wildman–Crippen MR) is 92.7 cm³/mol. The van der Waals surface area contributed by atoms with E-state index in [4.69, 9.17) is 23.2 Å².